The number of fused-ring (bicyclic) bond motifs is 1. The summed E-state index contributed by atoms with van der Waals surface area (Å²) < 4.78 is 5.24. The number of primary amides is 1. The fourth-order valence-corrected chi connectivity index (χ4v) is 4.10. The van der Waals surface area contributed by atoms with Crippen LogP contribution in [0.1, 0.15) is 32.0 Å². The number of nitrogens with one attached hydrogen (secondary N) is 1. The Morgan fingerprint density at radius 1 is 1.11 bits per heavy atom. The molecule has 0 fully saturated rings. The summed E-state index contributed by atoms with van der Waals surface area (Å²) in [5.41, 5.74) is 7.60. The molecule has 0 saturated heterocycles. The molecule has 1 atom stereocenters. The van der Waals surface area contributed by atoms with Crippen molar-refractivity contribution < 1.29 is 18.8 Å². The van der Waals surface area contributed by atoms with Gasteiger partial charge in [0, 0.05) is 13.0 Å². The molecule has 0 saturated carbocycles. The normalized spacial score (nSPS) is 15.7. The summed E-state index contributed by atoms with van der Waals surface area (Å²) in [4.78, 5) is 39.0. The van der Waals surface area contributed by atoms with Crippen LogP contribution in [0.25, 0.3) is 0 Å². The van der Waals surface area contributed by atoms with Crippen LogP contribution in [0.15, 0.2) is 58.5 Å². The lowest BCUT2D eigenvalue weighted by Gasteiger charge is -2.35. The third kappa shape index (κ3) is 3.29. The number of hydrogen-bond donors (Lipinski definition) is 2. The van der Waals surface area contributed by atoms with Gasteiger partial charge in [0.15, 0.2) is 5.76 Å². The first kappa shape index (κ1) is 18.0. The van der Waals surface area contributed by atoms with Gasteiger partial charge in [0.25, 0.3) is 11.8 Å². The van der Waals surface area contributed by atoms with Gasteiger partial charge in [0.2, 0.25) is 5.91 Å². The van der Waals surface area contributed by atoms with Crippen molar-refractivity contribution in [1.29, 1.82) is 0 Å². The number of hydrogen-bond acceptors (Lipinski definition) is 5. The van der Waals surface area contributed by atoms with E-state index >= 15 is 0 Å². The van der Waals surface area contributed by atoms with E-state index in [9.17, 15) is 14.4 Å². The second-order valence-electron chi connectivity index (χ2n) is 6.42. The van der Waals surface area contributed by atoms with Gasteiger partial charge in [-0.15, -0.1) is 11.3 Å². The summed E-state index contributed by atoms with van der Waals surface area (Å²) in [5.74, 6) is -1.18. The van der Waals surface area contributed by atoms with Crippen LogP contribution in [0, 0.1) is 0 Å². The maximum Gasteiger partial charge on any atom is 0.290 e. The highest BCUT2D eigenvalue weighted by atomic mass is 32.1. The number of anilines is 1. The maximum atomic E-state index is 13.1. The van der Waals surface area contributed by atoms with Crippen molar-refractivity contribution >= 4 is 34.1 Å². The van der Waals surface area contributed by atoms with Crippen LogP contribution in [-0.2, 0) is 17.8 Å². The number of rotatable bonds is 4. The Hall–Kier alpha value is -3.39. The summed E-state index contributed by atoms with van der Waals surface area (Å²) in [7, 11) is 0. The fourth-order valence-electron chi connectivity index (χ4n) is 3.31. The Morgan fingerprint density at radius 2 is 1.89 bits per heavy atom. The Labute approximate surface area is 164 Å². The number of nitrogens with zero attached hydrogens (tertiary/aromatic N) is 1. The first-order chi connectivity index (χ1) is 13.5. The molecule has 3 amide bonds. The lowest BCUT2D eigenvalue weighted by Crippen LogP contribution is -2.50. The number of thiophene rings is 1. The second-order valence-corrected chi connectivity index (χ2v) is 7.33. The SMILES string of the molecule is NC(=O)c1ccsc1NC(=O)[C@@H]1Cc2ccccc2CN1C(=O)c1ccco1. The number of amides is 3. The van der Waals surface area contributed by atoms with Gasteiger partial charge in [-0.1, -0.05) is 24.3 Å². The van der Waals surface area contributed by atoms with E-state index in [1.165, 1.54) is 22.5 Å². The molecule has 0 radical (unpaired) electrons. The molecule has 2 aromatic heterocycles. The predicted molar refractivity (Wildman–Crippen MR) is 104 cm³/mol. The van der Waals surface area contributed by atoms with Gasteiger partial charge in [0.05, 0.1) is 11.8 Å². The van der Waals surface area contributed by atoms with Crippen molar-refractivity contribution in [2.45, 2.75) is 19.0 Å². The Bertz CT molecular complexity index is 1040. The van der Waals surface area contributed by atoms with E-state index in [-0.39, 0.29) is 23.1 Å². The molecule has 0 unspecified atom stereocenters. The monoisotopic (exact) mass is 395 g/mol. The van der Waals surface area contributed by atoms with Crippen LogP contribution < -0.4 is 11.1 Å². The number of furan rings is 1. The van der Waals surface area contributed by atoms with Gasteiger partial charge in [-0.3, -0.25) is 14.4 Å². The minimum absolute atomic E-state index is 0.172. The second kappa shape index (κ2) is 7.32. The Morgan fingerprint density at radius 3 is 2.61 bits per heavy atom. The van der Waals surface area contributed by atoms with E-state index in [0.29, 0.717) is 18.0 Å². The van der Waals surface area contributed by atoms with Crippen LogP contribution in [0.5, 0.6) is 0 Å². The zero-order chi connectivity index (χ0) is 19.7. The van der Waals surface area contributed by atoms with Gasteiger partial charge in [-0.2, -0.15) is 0 Å². The van der Waals surface area contributed by atoms with Crippen LogP contribution in [0.3, 0.4) is 0 Å². The summed E-state index contributed by atoms with van der Waals surface area (Å²) >= 11 is 1.21. The largest absolute Gasteiger partial charge is 0.459 e. The summed E-state index contributed by atoms with van der Waals surface area (Å²) in [6.07, 6.45) is 1.79. The van der Waals surface area contributed by atoms with Gasteiger partial charge in [-0.05, 0) is 34.7 Å². The quantitative estimate of drug-likeness (QED) is 0.708. The third-order valence-electron chi connectivity index (χ3n) is 4.71. The summed E-state index contributed by atoms with van der Waals surface area (Å²) in [6, 6.07) is 11.7. The molecule has 1 aliphatic rings. The molecular formula is C20H17N3O4S. The standard InChI is InChI=1S/C20H17N3O4S/c21-17(24)14-7-9-28-19(14)22-18(25)15-10-12-4-1-2-5-13(12)11-23(15)20(26)16-6-3-8-27-16/h1-9,15H,10-11H2,(H2,21,24)(H,22,25)/t15-/m0/s1. The highest BCUT2D eigenvalue weighted by Gasteiger charge is 2.36. The van der Waals surface area contributed by atoms with Crippen molar-refractivity contribution in [1.82, 2.24) is 4.90 Å². The molecule has 0 aliphatic carbocycles. The van der Waals surface area contributed by atoms with Crippen LogP contribution in [0.2, 0.25) is 0 Å². The molecule has 3 aromatic rings. The molecule has 1 aromatic carbocycles. The van der Waals surface area contributed by atoms with Crippen molar-refractivity contribution in [2.24, 2.45) is 5.73 Å². The maximum absolute atomic E-state index is 13.1. The van der Waals surface area contributed by atoms with Crippen molar-refractivity contribution in [3.8, 4) is 0 Å². The fraction of sp³-hybridized carbons (Fsp3) is 0.150. The van der Waals surface area contributed by atoms with E-state index in [4.69, 9.17) is 10.2 Å². The van der Waals surface area contributed by atoms with E-state index in [1.54, 1.807) is 23.6 Å². The van der Waals surface area contributed by atoms with Crippen molar-refractivity contribution in [3.05, 3.63) is 76.6 Å². The highest BCUT2D eigenvalue weighted by Crippen LogP contribution is 2.28. The first-order valence-electron chi connectivity index (χ1n) is 8.64. The number of carbonyl (C=O) groups excluding carboxylic acids is 3. The number of carbonyl (C=O) groups is 3. The third-order valence-corrected chi connectivity index (χ3v) is 5.54. The smallest absolute Gasteiger partial charge is 0.290 e. The predicted octanol–water partition coefficient (Wildman–Crippen LogP) is 2.65. The number of benzene rings is 1. The number of nitrogens with two attached hydrogens (primary N) is 1. The van der Waals surface area contributed by atoms with E-state index < -0.39 is 11.9 Å². The molecule has 3 N–H and O–H groups in total. The van der Waals surface area contributed by atoms with Crippen LogP contribution in [-0.4, -0.2) is 28.7 Å². The average molecular weight is 395 g/mol. The molecule has 3 heterocycles. The average Bonchev–Trinajstić information content (AvgIpc) is 3.38. The minimum Gasteiger partial charge on any atom is -0.459 e. The molecule has 1 aliphatic heterocycles. The van der Waals surface area contributed by atoms with Crippen LogP contribution in [0.4, 0.5) is 5.00 Å². The van der Waals surface area contributed by atoms with Crippen molar-refractivity contribution in [3.63, 3.8) is 0 Å². The van der Waals surface area contributed by atoms with E-state index in [1.807, 2.05) is 24.3 Å². The van der Waals surface area contributed by atoms with E-state index in [2.05, 4.69) is 5.32 Å². The van der Waals surface area contributed by atoms with Crippen molar-refractivity contribution in [2.75, 3.05) is 5.32 Å². The molecule has 8 heteroatoms. The van der Waals surface area contributed by atoms with E-state index in [0.717, 1.165) is 11.1 Å². The molecule has 28 heavy (non-hydrogen) atoms. The zero-order valence-corrected chi connectivity index (χ0v) is 15.6. The van der Waals surface area contributed by atoms with Gasteiger partial charge < -0.3 is 20.4 Å². The Kier molecular flexibility index (Phi) is 4.70. The molecule has 142 valence electrons. The van der Waals surface area contributed by atoms with Gasteiger partial charge in [0.1, 0.15) is 11.0 Å². The lowest BCUT2D eigenvalue weighted by atomic mass is 9.93. The molecular weight excluding hydrogens is 378 g/mol. The first-order valence-corrected chi connectivity index (χ1v) is 9.52. The molecule has 0 spiro atoms. The minimum atomic E-state index is -0.740. The summed E-state index contributed by atoms with van der Waals surface area (Å²) in [5, 5.41) is 4.81. The topological polar surface area (TPSA) is 106 Å². The Balaban J connectivity index is 1.65. The molecule has 7 nitrogen and oxygen atoms in total. The summed E-state index contributed by atoms with van der Waals surface area (Å²) in [6.45, 7) is 0.293. The molecule has 0 bridgehead atoms. The van der Waals surface area contributed by atoms with Gasteiger partial charge >= 0.3 is 0 Å². The highest BCUT2D eigenvalue weighted by molar-refractivity contribution is 7.14. The van der Waals surface area contributed by atoms with Gasteiger partial charge in [-0.25, -0.2) is 0 Å². The zero-order valence-electron chi connectivity index (χ0n) is 14.8. The molecule has 4 rings (SSSR count). The lowest BCUT2D eigenvalue weighted by molar-refractivity contribution is -0.121. The van der Waals surface area contributed by atoms with Crippen LogP contribution >= 0.6 is 11.3 Å².